The van der Waals surface area contributed by atoms with Crippen LogP contribution in [0.25, 0.3) is 0 Å². The average molecular weight is 234 g/mol. The molecule has 0 spiro atoms. The van der Waals surface area contributed by atoms with Gasteiger partial charge in [-0.2, -0.15) is 0 Å². The first kappa shape index (κ1) is 13.9. The third kappa shape index (κ3) is 6.22. The molecule has 2 nitrogen and oxygen atoms in total. The molecule has 0 saturated heterocycles. The van der Waals surface area contributed by atoms with E-state index < -0.39 is 0 Å². The summed E-state index contributed by atoms with van der Waals surface area (Å²) in [5.41, 5.74) is 1.05. The van der Waals surface area contributed by atoms with E-state index >= 15 is 0 Å². The number of benzene rings is 1. The van der Waals surface area contributed by atoms with Gasteiger partial charge in [-0.25, -0.2) is 0 Å². The molecule has 1 unspecified atom stereocenters. The van der Waals surface area contributed by atoms with Gasteiger partial charge in [0.15, 0.2) is 5.78 Å². The summed E-state index contributed by atoms with van der Waals surface area (Å²) in [6.07, 6.45) is 1.63. The van der Waals surface area contributed by atoms with Gasteiger partial charge in [0.2, 0.25) is 0 Å². The topological polar surface area (TPSA) is 26.3 Å². The fraction of sp³-hybridized carbons (Fsp3) is 0.533. The predicted octanol–water partition coefficient (Wildman–Crippen LogP) is 3.25. The van der Waals surface area contributed by atoms with Gasteiger partial charge in [-0.15, -0.1) is 0 Å². The van der Waals surface area contributed by atoms with Gasteiger partial charge in [-0.3, -0.25) is 4.79 Å². The molecule has 0 aromatic heterocycles. The standard InChI is InChI=1S/C15H22O2/c1-12(2)9-13(3)17-11-15(16)10-14-7-5-4-6-8-14/h4-8,12-13H,9-11H2,1-3H3. The van der Waals surface area contributed by atoms with Crippen molar-refractivity contribution < 1.29 is 9.53 Å². The lowest BCUT2D eigenvalue weighted by atomic mass is 10.1. The third-order valence-electron chi connectivity index (χ3n) is 2.58. The Morgan fingerprint density at radius 2 is 1.82 bits per heavy atom. The van der Waals surface area contributed by atoms with Gasteiger partial charge in [0.25, 0.3) is 0 Å². The molecule has 1 aromatic carbocycles. The first-order valence-electron chi connectivity index (χ1n) is 6.25. The number of ketones is 1. The van der Waals surface area contributed by atoms with Crippen LogP contribution in [-0.2, 0) is 16.0 Å². The molecule has 2 heteroatoms. The van der Waals surface area contributed by atoms with Crippen molar-refractivity contribution in [2.24, 2.45) is 5.92 Å². The molecule has 0 radical (unpaired) electrons. The summed E-state index contributed by atoms with van der Waals surface area (Å²) in [5, 5.41) is 0. The maximum Gasteiger partial charge on any atom is 0.162 e. The van der Waals surface area contributed by atoms with Gasteiger partial charge in [-0.05, 0) is 24.8 Å². The molecule has 0 saturated carbocycles. The van der Waals surface area contributed by atoms with E-state index in [0.29, 0.717) is 12.3 Å². The molecule has 0 N–H and O–H groups in total. The summed E-state index contributed by atoms with van der Waals surface area (Å²) >= 11 is 0. The second kappa shape index (κ2) is 7.23. The lowest BCUT2D eigenvalue weighted by Crippen LogP contribution is -2.18. The Balaban J connectivity index is 2.26. The summed E-state index contributed by atoms with van der Waals surface area (Å²) in [4.78, 5) is 11.7. The van der Waals surface area contributed by atoms with Crippen molar-refractivity contribution in [1.29, 1.82) is 0 Å². The summed E-state index contributed by atoms with van der Waals surface area (Å²) in [6.45, 7) is 6.57. The van der Waals surface area contributed by atoms with Gasteiger partial charge in [-0.1, -0.05) is 44.2 Å². The first-order valence-corrected chi connectivity index (χ1v) is 6.25. The van der Waals surface area contributed by atoms with Gasteiger partial charge < -0.3 is 4.74 Å². The van der Waals surface area contributed by atoms with Crippen LogP contribution in [0.3, 0.4) is 0 Å². The Hall–Kier alpha value is -1.15. The van der Waals surface area contributed by atoms with Crippen molar-refractivity contribution in [3.8, 4) is 0 Å². The van der Waals surface area contributed by atoms with E-state index in [9.17, 15) is 4.79 Å². The molecule has 94 valence electrons. The highest BCUT2D eigenvalue weighted by Gasteiger charge is 2.09. The van der Waals surface area contributed by atoms with E-state index in [0.717, 1.165) is 12.0 Å². The zero-order valence-corrected chi connectivity index (χ0v) is 11.0. The Morgan fingerprint density at radius 3 is 2.41 bits per heavy atom. The molecule has 0 aliphatic rings. The predicted molar refractivity (Wildman–Crippen MR) is 70.0 cm³/mol. The minimum absolute atomic E-state index is 0.145. The Morgan fingerprint density at radius 1 is 1.18 bits per heavy atom. The van der Waals surface area contributed by atoms with E-state index in [-0.39, 0.29) is 18.5 Å². The smallest absolute Gasteiger partial charge is 0.162 e. The Bertz CT molecular complexity index is 330. The van der Waals surface area contributed by atoms with Gasteiger partial charge >= 0.3 is 0 Å². The van der Waals surface area contributed by atoms with E-state index in [1.807, 2.05) is 37.3 Å². The van der Waals surface area contributed by atoms with Crippen LogP contribution in [0.1, 0.15) is 32.8 Å². The van der Waals surface area contributed by atoms with Gasteiger partial charge in [0.1, 0.15) is 6.61 Å². The molecule has 0 heterocycles. The zero-order chi connectivity index (χ0) is 12.7. The van der Waals surface area contributed by atoms with Crippen LogP contribution >= 0.6 is 0 Å². The molecule has 0 amide bonds. The monoisotopic (exact) mass is 234 g/mol. The minimum atomic E-state index is 0.145. The SMILES string of the molecule is CC(C)CC(C)OCC(=O)Cc1ccccc1. The third-order valence-corrected chi connectivity index (χ3v) is 2.58. The van der Waals surface area contributed by atoms with Crippen LogP contribution in [0, 0.1) is 5.92 Å². The molecule has 0 fully saturated rings. The maximum absolute atomic E-state index is 11.7. The number of Topliss-reactive ketones (excluding diaryl/α,β-unsaturated/α-hetero) is 1. The van der Waals surface area contributed by atoms with Gasteiger partial charge in [0.05, 0.1) is 6.10 Å². The van der Waals surface area contributed by atoms with Crippen molar-refractivity contribution in [1.82, 2.24) is 0 Å². The number of carbonyl (C=O) groups excluding carboxylic acids is 1. The molecule has 0 bridgehead atoms. The molecular formula is C15H22O2. The molecule has 1 aromatic rings. The van der Waals surface area contributed by atoms with Crippen LogP contribution in [0.4, 0.5) is 0 Å². The first-order chi connectivity index (χ1) is 8.08. The minimum Gasteiger partial charge on any atom is -0.371 e. The number of ether oxygens (including phenoxy) is 1. The van der Waals surface area contributed by atoms with Crippen molar-refractivity contribution in [3.05, 3.63) is 35.9 Å². The van der Waals surface area contributed by atoms with Crippen molar-refractivity contribution in [3.63, 3.8) is 0 Å². The van der Waals surface area contributed by atoms with Crippen LogP contribution in [0.15, 0.2) is 30.3 Å². The quantitative estimate of drug-likeness (QED) is 0.724. The van der Waals surface area contributed by atoms with Crippen LogP contribution < -0.4 is 0 Å². The van der Waals surface area contributed by atoms with Gasteiger partial charge in [0, 0.05) is 6.42 Å². The summed E-state index contributed by atoms with van der Waals surface area (Å²) in [7, 11) is 0. The molecule has 0 aliphatic carbocycles. The normalized spacial score (nSPS) is 12.7. The van der Waals surface area contributed by atoms with Crippen LogP contribution in [0.5, 0.6) is 0 Å². The summed E-state index contributed by atoms with van der Waals surface area (Å²) < 4.78 is 5.54. The van der Waals surface area contributed by atoms with Crippen molar-refractivity contribution >= 4 is 5.78 Å². The number of rotatable bonds is 7. The summed E-state index contributed by atoms with van der Waals surface area (Å²) in [5.74, 6) is 0.751. The number of hydrogen-bond acceptors (Lipinski definition) is 2. The van der Waals surface area contributed by atoms with E-state index in [1.165, 1.54) is 0 Å². The summed E-state index contributed by atoms with van der Waals surface area (Å²) in [6, 6.07) is 9.79. The molecule has 0 aliphatic heterocycles. The highest BCUT2D eigenvalue weighted by Crippen LogP contribution is 2.08. The lowest BCUT2D eigenvalue weighted by molar-refractivity contribution is -0.124. The maximum atomic E-state index is 11.7. The molecule has 17 heavy (non-hydrogen) atoms. The number of carbonyl (C=O) groups is 1. The van der Waals surface area contributed by atoms with Crippen LogP contribution in [0.2, 0.25) is 0 Å². The second-order valence-corrected chi connectivity index (χ2v) is 4.95. The van der Waals surface area contributed by atoms with E-state index in [4.69, 9.17) is 4.74 Å². The fourth-order valence-electron chi connectivity index (χ4n) is 1.84. The zero-order valence-electron chi connectivity index (χ0n) is 11.0. The van der Waals surface area contributed by atoms with E-state index in [1.54, 1.807) is 0 Å². The lowest BCUT2D eigenvalue weighted by Gasteiger charge is -2.14. The Kier molecular flexibility index (Phi) is 5.92. The van der Waals surface area contributed by atoms with Crippen LogP contribution in [-0.4, -0.2) is 18.5 Å². The second-order valence-electron chi connectivity index (χ2n) is 4.95. The van der Waals surface area contributed by atoms with Crippen molar-refractivity contribution in [2.45, 2.75) is 39.7 Å². The molecule has 1 rings (SSSR count). The van der Waals surface area contributed by atoms with Crippen molar-refractivity contribution in [2.75, 3.05) is 6.61 Å². The fourth-order valence-corrected chi connectivity index (χ4v) is 1.84. The average Bonchev–Trinajstić information content (AvgIpc) is 2.27. The largest absolute Gasteiger partial charge is 0.371 e. The molecule has 1 atom stereocenters. The van der Waals surface area contributed by atoms with E-state index in [2.05, 4.69) is 13.8 Å². The Labute approximate surface area is 104 Å². The number of hydrogen-bond donors (Lipinski definition) is 0. The molecular weight excluding hydrogens is 212 g/mol. The highest BCUT2D eigenvalue weighted by molar-refractivity contribution is 5.82. The highest BCUT2D eigenvalue weighted by atomic mass is 16.5.